The molecule has 0 saturated heterocycles. The van der Waals surface area contributed by atoms with Crippen LogP contribution >= 0.6 is 0 Å². The molecule has 0 radical (unpaired) electrons. The Hall–Kier alpha value is -2.04. The zero-order valence-electron chi connectivity index (χ0n) is 11.9. The zero-order chi connectivity index (χ0) is 14.2. The number of benzene rings is 1. The van der Waals surface area contributed by atoms with Crippen LogP contribution in [0.15, 0.2) is 23.3 Å². The number of phenols is 1. The summed E-state index contributed by atoms with van der Waals surface area (Å²) in [6.45, 7) is 3.41. The van der Waals surface area contributed by atoms with Gasteiger partial charge in [0.1, 0.15) is 0 Å². The van der Waals surface area contributed by atoms with Gasteiger partial charge in [-0.3, -0.25) is 4.99 Å². The highest BCUT2D eigenvalue weighted by Gasteiger charge is 2.08. The Balaban J connectivity index is 1.96. The van der Waals surface area contributed by atoms with E-state index >= 15 is 0 Å². The first-order chi connectivity index (χ1) is 9.79. The summed E-state index contributed by atoms with van der Waals surface area (Å²) < 4.78 is 5.34. The van der Waals surface area contributed by atoms with Crippen molar-refractivity contribution in [2.24, 2.45) is 5.10 Å². The third kappa shape index (κ3) is 4.26. The standard InChI is InChI=1S/C15H21N3O2/c1-2-20-14-10-12(7-8-13(14)19)11-17-18-15-6-4-3-5-9-16-15/h7-8,10-11,19H,2-6,9H2,1H3,(H,16,18)/p+1/b17-11+. The lowest BCUT2D eigenvalue weighted by molar-refractivity contribution is -0.459. The van der Waals surface area contributed by atoms with Gasteiger partial charge in [-0.2, -0.15) is 5.43 Å². The lowest BCUT2D eigenvalue weighted by atomic mass is 10.2. The molecule has 0 spiro atoms. The maximum atomic E-state index is 9.63. The van der Waals surface area contributed by atoms with Crippen LogP contribution in [0, 0.1) is 0 Å². The molecule has 0 saturated carbocycles. The van der Waals surface area contributed by atoms with Crippen molar-refractivity contribution < 1.29 is 14.8 Å². The van der Waals surface area contributed by atoms with Crippen molar-refractivity contribution in [2.45, 2.75) is 32.6 Å². The molecule has 0 aliphatic carbocycles. The van der Waals surface area contributed by atoms with Gasteiger partial charge in [0.25, 0.3) is 5.84 Å². The lowest BCUT2D eigenvalue weighted by Gasteiger charge is -2.05. The molecule has 20 heavy (non-hydrogen) atoms. The highest BCUT2D eigenvalue weighted by Crippen LogP contribution is 2.26. The summed E-state index contributed by atoms with van der Waals surface area (Å²) >= 11 is 0. The molecule has 5 heteroatoms. The van der Waals surface area contributed by atoms with Gasteiger partial charge in [-0.15, -0.1) is 0 Å². The molecule has 1 aliphatic heterocycles. The largest absolute Gasteiger partial charge is 0.504 e. The molecule has 108 valence electrons. The second-order valence-electron chi connectivity index (χ2n) is 4.75. The Labute approximate surface area is 119 Å². The van der Waals surface area contributed by atoms with E-state index in [4.69, 9.17) is 4.74 Å². The number of rotatable bonds is 4. The summed E-state index contributed by atoms with van der Waals surface area (Å²) in [4.78, 5) is 3.34. The molecule has 0 aromatic heterocycles. The third-order valence-corrected chi connectivity index (χ3v) is 3.14. The highest BCUT2D eigenvalue weighted by molar-refractivity contribution is 5.83. The minimum atomic E-state index is 0.150. The summed E-state index contributed by atoms with van der Waals surface area (Å²) in [5, 5.41) is 13.9. The minimum Gasteiger partial charge on any atom is -0.504 e. The Morgan fingerprint density at radius 2 is 2.30 bits per heavy atom. The van der Waals surface area contributed by atoms with E-state index in [0.29, 0.717) is 12.4 Å². The molecule has 3 N–H and O–H groups in total. The van der Waals surface area contributed by atoms with Crippen LogP contribution in [0.1, 0.15) is 38.2 Å². The predicted molar refractivity (Wildman–Crippen MR) is 79.3 cm³/mol. The molecule has 2 rings (SSSR count). The van der Waals surface area contributed by atoms with Gasteiger partial charge in [-0.1, -0.05) is 5.10 Å². The Morgan fingerprint density at radius 1 is 1.40 bits per heavy atom. The number of hydrogen-bond donors (Lipinski definition) is 3. The van der Waals surface area contributed by atoms with E-state index in [1.165, 1.54) is 19.3 Å². The molecule has 0 atom stereocenters. The first-order valence-corrected chi connectivity index (χ1v) is 7.14. The van der Waals surface area contributed by atoms with Gasteiger partial charge >= 0.3 is 0 Å². The number of hydrogen-bond acceptors (Lipinski definition) is 4. The number of amidine groups is 1. The molecule has 1 heterocycles. The molecule has 1 aromatic rings. The third-order valence-electron chi connectivity index (χ3n) is 3.14. The number of hydrazone groups is 1. The predicted octanol–water partition coefficient (Wildman–Crippen LogP) is 0.767. The van der Waals surface area contributed by atoms with Crippen molar-refractivity contribution in [2.75, 3.05) is 13.2 Å². The van der Waals surface area contributed by atoms with Crippen molar-refractivity contribution in [3.05, 3.63) is 23.8 Å². The van der Waals surface area contributed by atoms with Gasteiger partial charge in [0.05, 0.1) is 25.8 Å². The van der Waals surface area contributed by atoms with E-state index < -0.39 is 0 Å². The number of nitrogens with one attached hydrogen (secondary N) is 2. The van der Waals surface area contributed by atoms with E-state index in [2.05, 4.69) is 15.5 Å². The maximum absolute atomic E-state index is 9.63. The molecule has 0 amide bonds. The van der Waals surface area contributed by atoms with Gasteiger partial charge in [0.15, 0.2) is 11.5 Å². The summed E-state index contributed by atoms with van der Waals surface area (Å²) in [5.41, 5.74) is 3.93. The molecule has 0 unspecified atom stereocenters. The van der Waals surface area contributed by atoms with Crippen LogP contribution in [0.5, 0.6) is 11.5 Å². The van der Waals surface area contributed by atoms with E-state index in [9.17, 15) is 5.11 Å². The molecule has 1 aromatic carbocycles. The maximum Gasteiger partial charge on any atom is 0.267 e. The quantitative estimate of drug-likeness (QED) is 0.562. The van der Waals surface area contributed by atoms with E-state index in [1.54, 1.807) is 24.4 Å². The summed E-state index contributed by atoms with van der Waals surface area (Å²) in [6.07, 6.45) is 6.40. The number of phenolic OH excluding ortho intramolecular Hbond substituents is 1. The minimum absolute atomic E-state index is 0.150. The molecule has 0 fully saturated rings. The fourth-order valence-electron chi connectivity index (χ4n) is 2.09. The Kier molecular flexibility index (Phi) is 5.41. The van der Waals surface area contributed by atoms with Crippen LogP contribution in [0.3, 0.4) is 0 Å². The molecular formula is C15H22N3O2+. The smallest absolute Gasteiger partial charge is 0.267 e. The highest BCUT2D eigenvalue weighted by atomic mass is 16.5. The number of aromatic hydroxyl groups is 1. The van der Waals surface area contributed by atoms with Crippen LogP contribution in [0.2, 0.25) is 0 Å². The number of ether oxygens (including phenoxy) is 1. The average molecular weight is 276 g/mol. The van der Waals surface area contributed by atoms with Crippen LogP contribution < -0.4 is 15.2 Å². The monoisotopic (exact) mass is 276 g/mol. The first-order valence-electron chi connectivity index (χ1n) is 7.14. The molecule has 0 bridgehead atoms. The average Bonchev–Trinajstić information content (AvgIpc) is 2.71. The lowest BCUT2D eigenvalue weighted by Crippen LogP contribution is -2.75. The van der Waals surface area contributed by atoms with Crippen LogP contribution in [-0.2, 0) is 0 Å². The summed E-state index contributed by atoms with van der Waals surface area (Å²) in [5.74, 6) is 1.70. The van der Waals surface area contributed by atoms with Crippen molar-refractivity contribution in [3.8, 4) is 11.5 Å². The summed E-state index contributed by atoms with van der Waals surface area (Å²) in [7, 11) is 0. The van der Waals surface area contributed by atoms with Gasteiger partial charge in [0, 0.05) is 5.56 Å². The van der Waals surface area contributed by atoms with Gasteiger partial charge in [-0.05, 0) is 44.4 Å². The van der Waals surface area contributed by atoms with Crippen LogP contribution in [0.4, 0.5) is 0 Å². The van der Waals surface area contributed by atoms with Gasteiger partial charge in [-0.25, -0.2) is 0 Å². The molecular weight excluding hydrogens is 254 g/mol. The van der Waals surface area contributed by atoms with Crippen LogP contribution in [-0.4, -0.2) is 30.3 Å². The van der Waals surface area contributed by atoms with Crippen LogP contribution in [0.25, 0.3) is 0 Å². The van der Waals surface area contributed by atoms with Gasteiger partial charge < -0.3 is 9.84 Å². The molecule has 1 aliphatic rings. The Morgan fingerprint density at radius 3 is 3.15 bits per heavy atom. The van der Waals surface area contributed by atoms with Crippen molar-refractivity contribution in [1.29, 1.82) is 0 Å². The Bertz CT molecular complexity index is 498. The second-order valence-corrected chi connectivity index (χ2v) is 4.75. The fourth-order valence-corrected chi connectivity index (χ4v) is 2.09. The normalized spacial score (nSPS) is 15.8. The van der Waals surface area contributed by atoms with E-state index in [1.807, 2.05) is 6.92 Å². The fraction of sp³-hybridized carbons (Fsp3) is 0.467. The first kappa shape index (κ1) is 14.4. The number of nitrogens with zero attached hydrogens (tertiary/aromatic N) is 1. The SMILES string of the molecule is CCOc1cc(/C=N/NC2=[NH+]CCCCC2)ccc1O. The second kappa shape index (κ2) is 7.53. The zero-order valence-corrected chi connectivity index (χ0v) is 11.9. The molecule has 5 nitrogen and oxygen atoms in total. The van der Waals surface area contributed by atoms with E-state index in [-0.39, 0.29) is 5.75 Å². The van der Waals surface area contributed by atoms with Crippen molar-refractivity contribution in [3.63, 3.8) is 0 Å². The summed E-state index contributed by atoms with van der Waals surface area (Å²) in [6, 6.07) is 5.19. The van der Waals surface area contributed by atoms with Crippen molar-refractivity contribution >= 4 is 12.1 Å². The van der Waals surface area contributed by atoms with Gasteiger partial charge in [0.2, 0.25) is 0 Å². The van der Waals surface area contributed by atoms with E-state index in [0.717, 1.165) is 24.4 Å². The topological polar surface area (TPSA) is 67.8 Å². The van der Waals surface area contributed by atoms with Crippen molar-refractivity contribution in [1.82, 2.24) is 5.43 Å².